The molecule has 150 valence electrons. The molecule has 0 radical (unpaired) electrons. The van der Waals surface area contributed by atoms with E-state index in [-0.39, 0.29) is 0 Å². The Morgan fingerprint density at radius 3 is 2.00 bits per heavy atom. The maximum Gasteiger partial charge on any atom is 0.231 e. The second-order valence-electron chi connectivity index (χ2n) is 7.73. The molecule has 0 saturated carbocycles. The standard InChI is InChI=1S/C21H29ClN6/c1-16-17(9-8-10-18(16)22)15-23-19-24-20(27-11-4-2-5-12-27)26-21(25-19)28-13-6-3-7-14-28/h8-10H,2-7,11-15H2,1H3,(H,23,24,25,26). The summed E-state index contributed by atoms with van der Waals surface area (Å²) in [5, 5.41) is 4.20. The van der Waals surface area contributed by atoms with E-state index in [0.717, 1.165) is 54.2 Å². The fourth-order valence-corrected chi connectivity index (χ4v) is 4.12. The number of piperidine rings is 2. The molecule has 2 fully saturated rings. The van der Waals surface area contributed by atoms with E-state index in [0.29, 0.717) is 12.5 Å². The third-order valence-corrected chi connectivity index (χ3v) is 6.12. The van der Waals surface area contributed by atoms with Crippen LogP contribution < -0.4 is 15.1 Å². The van der Waals surface area contributed by atoms with Gasteiger partial charge in [0, 0.05) is 37.7 Å². The molecule has 2 aliphatic heterocycles. The zero-order valence-corrected chi connectivity index (χ0v) is 17.4. The first-order chi connectivity index (χ1) is 13.7. The van der Waals surface area contributed by atoms with Crippen molar-refractivity contribution in [2.75, 3.05) is 41.3 Å². The Hall–Kier alpha value is -2.08. The van der Waals surface area contributed by atoms with E-state index in [1.807, 2.05) is 19.1 Å². The van der Waals surface area contributed by atoms with Gasteiger partial charge in [0.05, 0.1) is 0 Å². The van der Waals surface area contributed by atoms with Gasteiger partial charge in [0.2, 0.25) is 17.8 Å². The van der Waals surface area contributed by atoms with Gasteiger partial charge in [-0.3, -0.25) is 0 Å². The third kappa shape index (κ3) is 4.49. The van der Waals surface area contributed by atoms with Crippen LogP contribution in [0.1, 0.15) is 49.7 Å². The molecule has 0 amide bonds. The zero-order valence-electron chi connectivity index (χ0n) is 16.6. The average molecular weight is 401 g/mol. The van der Waals surface area contributed by atoms with Crippen LogP contribution in [-0.2, 0) is 6.54 Å². The third-order valence-electron chi connectivity index (χ3n) is 5.71. The summed E-state index contributed by atoms with van der Waals surface area (Å²) in [7, 11) is 0. The second kappa shape index (κ2) is 8.95. The number of halogens is 1. The molecule has 4 rings (SSSR count). The summed E-state index contributed by atoms with van der Waals surface area (Å²) >= 11 is 6.27. The number of aromatic nitrogens is 3. The Balaban J connectivity index is 1.58. The van der Waals surface area contributed by atoms with Crippen molar-refractivity contribution in [3.63, 3.8) is 0 Å². The highest BCUT2D eigenvalue weighted by molar-refractivity contribution is 6.31. The zero-order chi connectivity index (χ0) is 19.3. The van der Waals surface area contributed by atoms with E-state index in [4.69, 9.17) is 26.6 Å². The van der Waals surface area contributed by atoms with E-state index in [2.05, 4.69) is 21.2 Å². The first-order valence-electron chi connectivity index (χ1n) is 10.4. The fraction of sp³-hybridized carbons (Fsp3) is 0.571. The molecule has 7 heteroatoms. The lowest BCUT2D eigenvalue weighted by Crippen LogP contribution is -2.34. The van der Waals surface area contributed by atoms with E-state index in [9.17, 15) is 0 Å². The highest BCUT2D eigenvalue weighted by Gasteiger charge is 2.20. The van der Waals surface area contributed by atoms with Crippen LogP contribution in [0.3, 0.4) is 0 Å². The van der Waals surface area contributed by atoms with Crippen molar-refractivity contribution in [2.45, 2.75) is 52.0 Å². The van der Waals surface area contributed by atoms with Crippen molar-refractivity contribution >= 4 is 29.4 Å². The van der Waals surface area contributed by atoms with Crippen LogP contribution in [0, 0.1) is 6.92 Å². The van der Waals surface area contributed by atoms with Gasteiger partial charge in [-0.15, -0.1) is 0 Å². The lowest BCUT2D eigenvalue weighted by Gasteiger charge is -2.30. The average Bonchev–Trinajstić information content (AvgIpc) is 2.76. The smallest absolute Gasteiger partial charge is 0.231 e. The number of nitrogens with zero attached hydrogens (tertiary/aromatic N) is 5. The Bertz CT molecular complexity index is 763. The number of rotatable bonds is 5. The van der Waals surface area contributed by atoms with Gasteiger partial charge in [-0.2, -0.15) is 15.0 Å². The van der Waals surface area contributed by atoms with Crippen molar-refractivity contribution in [1.82, 2.24) is 15.0 Å². The van der Waals surface area contributed by atoms with E-state index >= 15 is 0 Å². The molecule has 1 aromatic carbocycles. The van der Waals surface area contributed by atoms with Crippen LogP contribution >= 0.6 is 11.6 Å². The van der Waals surface area contributed by atoms with Gasteiger partial charge in [0.15, 0.2) is 0 Å². The van der Waals surface area contributed by atoms with Crippen LogP contribution in [0.25, 0.3) is 0 Å². The summed E-state index contributed by atoms with van der Waals surface area (Å²) in [5.74, 6) is 2.26. The van der Waals surface area contributed by atoms with Crippen molar-refractivity contribution < 1.29 is 0 Å². The number of nitrogens with one attached hydrogen (secondary N) is 1. The summed E-state index contributed by atoms with van der Waals surface area (Å²) in [6, 6.07) is 6.00. The van der Waals surface area contributed by atoms with Gasteiger partial charge in [-0.05, 0) is 62.6 Å². The molecule has 3 heterocycles. The number of benzene rings is 1. The molecule has 0 unspecified atom stereocenters. The van der Waals surface area contributed by atoms with Gasteiger partial charge < -0.3 is 15.1 Å². The Labute approximate surface area is 172 Å². The number of anilines is 3. The molecular formula is C21H29ClN6. The summed E-state index contributed by atoms with van der Waals surface area (Å²) < 4.78 is 0. The summed E-state index contributed by atoms with van der Waals surface area (Å²) in [6.45, 7) is 6.79. The van der Waals surface area contributed by atoms with E-state index in [1.54, 1.807) is 0 Å². The highest BCUT2D eigenvalue weighted by Crippen LogP contribution is 2.24. The van der Waals surface area contributed by atoms with Crippen molar-refractivity contribution in [3.05, 3.63) is 34.3 Å². The highest BCUT2D eigenvalue weighted by atomic mass is 35.5. The van der Waals surface area contributed by atoms with Crippen LogP contribution in [0.15, 0.2) is 18.2 Å². The summed E-state index contributed by atoms with van der Waals surface area (Å²) in [4.78, 5) is 18.9. The Morgan fingerprint density at radius 1 is 0.857 bits per heavy atom. The topological polar surface area (TPSA) is 57.2 Å². The first-order valence-corrected chi connectivity index (χ1v) is 10.8. The molecule has 2 aliphatic rings. The first kappa shape index (κ1) is 19.2. The Kier molecular flexibility index (Phi) is 6.15. The number of hydrogen-bond donors (Lipinski definition) is 1. The van der Waals surface area contributed by atoms with Crippen LogP contribution in [0.2, 0.25) is 5.02 Å². The van der Waals surface area contributed by atoms with Crippen LogP contribution in [0.4, 0.5) is 17.8 Å². The van der Waals surface area contributed by atoms with Crippen molar-refractivity contribution in [1.29, 1.82) is 0 Å². The van der Waals surface area contributed by atoms with E-state index in [1.165, 1.54) is 38.5 Å². The van der Waals surface area contributed by atoms with Gasteiger partial charge in [0.25, 0.3) is 0 Å². The maximum absolute atomic E-state index is 6.27. The predicted molar refractivity (Wildman–Crippen MR) is 115 cm³/mol. The fourth-order valence-electron chi connectivity index (χ4n) is 3.92. The molecule has 0 atom stereocenters. The van der Waals surface area contributed by atoms with Crippen LogP contribution in [-0.4, -0.2) is 41.1 Å². The molecule has 0 aliphatic carbocycles. The van der Waals surface area contributed by atoms with Crippen LogP contribution in [0.5, 0.6) is 0 Å². The quantitative estimate of drug-likeness (QED) is 0.801. The molecule has 1 aromatic heterocycles. The molecule has 0 spiro atoms. The lowest BCUT2D eigenvalue weighted by atomic mass is 10.1. The predicted octanol–water partition coefficient (Wildman–Crippen LogP) is 4.43. The minimum absolute atomic E-state index is 0.648. The molecular weight excluding hydrogens is 372 g/mol. The molecule has 2 aromatic rings. The molecule has 28 heavy (non-hydrogen) atoms. The molecule has 2 saturated heterocycles. The summed E-state index contributed by atoms with van der Waals surface area (Å²) in [6.07, 6.45) is 7.40. The molecule has 0 bridgehead atoms. The van der Waals surface area contributed by atoms with E-state index < -0.39 is 0 Å². The van der Waals surface area contributed by atoms with Crippen molar-refractivity contribution in [3.8, 4) is 0 Å². The van der Waals surface area contributed by atoms with Gasteiger partial charge in [-0.25, -0.2) is 0 Å². The number of hydrogen-bond acceptors (Lipinski definition) is 6. The molecule has 6 nitrogen and oxygen atoms in total. The van der Waals surface area contributed by atoms with Gasteiger partial charge >= 0.3 is 0 Å². The lowest BCUT2D eigenvalue weighted by molar-refractivity contribution is 0.556. The second-order valence-corrected chi connectivity index (χ2v) is 8.14. The monoisotopic (exact) mass is 400 g/mol. The SMILES string of the molecule is Cc1c(Cl)cccc1CNc1nc(N2CCCCC2)nc(N2CCCCC2)n1. The van der Waals surface area contributed by atoms with Gasteiger partial charge in [0.1, 0.15) is 0 Å². The minimum Gasteiger partial charge on any atom is -0.350 e. The largest absolute Gasteiger partial charge is 0.350 e. The Morgan fingerprint density at radius 2 is 1.43 bits per heavy atom. The van der Waals surface area contributed by atoms with Crippen molar-refractivity contribution in [2.24, 2.45) is 0 Å². The summed E-state index contributed by atoms with van der Waals surface area (Å²) in [5.41, 5.74) is 2.25. The molecule has 1 N–H and O–H groups in total. The maximum atomic E-state index is 6.27. The van der Waals surface area contributed by atoms with Gasteiger partial charge in [-0.1, -0.05) is 23.7 Å². The minimum atomic E-state index is 0.648. The normalized spacial score (nSPS) is 17.6.